The fraction of sp³-hybridized carbons (Fsp3) is 0.350. The van der Waals surface area contributed by atoms with Crippen molar-refractivity contribution in [2.24, 2.45) is 0 Å². The topological polar surface area (TPSA) is 97.4 Å². The molecule has 0 amide bonds. The lowest BCUT2D eigenvalue weighted by molar-refractivity contribution is 0.0417. The average Bonchev–Trinajstić information content (AvgIpc) is 2.71. The number of benzene rings is 1. The molecular weight excluding hydrogens is 368 g/mol. The molecule has 28 heavy (non-hydrogen) atoms. The number of carbonyl (C=O) groups excluding carboxylic acids is 3. The highest BCUT2D eigenvalue weighted by Crippen LogP contribution is 2.15. The van der Waals surface area contributed by atoms with E-state index in [2.05, 4.69) is 13.2 Å². The van der Waals surface area contributed by atoms with Crippen LogP contribution in [0.4, 0.5) is 0 Å². The summed E-state index contributed by atoms with van der Waals surface area (Å²) in [6.45, 7) is 9.04. The van der Waals surface area contributed by atoms with Gasteiger partial charge in [0.05, 0.1) is 35.8 Å². The van der Waals surface area contributed by atoms with E-state index in [1.54, 1.807) is 0 Å². The molecule has 0 spiro atoms. The van der Waals surface area contributed by atoms with Crippen LogP contribution in [0.15, 0.2) is 43.9 Å². The predicted molar refractivity (Wildman–Crippen MR) is 99.9 cm³/mol. The monoisotopic (exact) mass is 392 g/mol. The van der Waals surface area contributed by atoms with Crippen molar-refractivity contribution in [2.45, 2.75) is 13.3 Å². The van der Waals surface area contributed by atoms with E-state index in [-0.39, 0.29) is 49.7 Å². The zero-order chi connectivity index (χ0) is 20.8. The minimum Gasteiger partial charge on any atom is -0.498 e. The standard InChI is InChI=1S/C20H24O8/c1-4-7-26-18(21)15-12-16(19(22)27-10-8-24-5-2)14-17(13-15)20(23)28-11-9-25-6-3/h5-6,12-14H,2-4,7-11H2,1H3. The van der Waals surface area contributed by atoms with Gasteiger partial charge < -0.3 is 23.7 Å². The van der Waals surface area contributed by atoms with Gasteiger partial charge in [-0.25, -0.2) is 14.4 Å². The van der Waals surface area contributed by atoms with Gasteiger partial charge in [-0.2, -0.15) is 0 Å². The summed E-state index contributed by atoms with van der Waals surface area (Å²) in [4.78, 5) is 36.6. The number of hydrogen-bond donors (Lipinski definition) is 0. The van der Waals surface area contributed by atoms with E-state index < -0.39 is 17.9 Å². The molecule has 0 aliphatic heterocycles. The summed E-state index contributed by atoms with van der Waals surface area (Å²) in [5.74, 6) is -2.10. The van der Waals surface area contributed by atoms with Crippen LogP contribution in [0, 0.1) is 0 Å². The van der Waals surface area contributed by atoms with Crippen LogP contribution in [0.3, 0.4) is 0 Å². The Morgan fingerprint density at radius 2 is 1.07 bits per heavy atom. The largest absolute Gasteiger partial charge is 0.498 e. The van der Waals surface area contributed by atoms with Gasteiger partial charge in [-0.3, -0.25) is 0 Å². The molecule has 8 nitrogen and oxygen atoms in total. The van der Waals surface area contributed by atoms with Crippen molar-refractivity contribution in [2.75, 3.05) is 33.0 Å². The lowest BCUT2D eigenvalue weighted by Crippen LogP contribution is -2.15. The van der Waals surface area contributed by atoms with E-state index in [9.17, 15) is 14.4 Å². The fourth-order valence-electron chi connectivity index (χ4n) is 1.96. The van der Waals surface area contributed by atoms with Gasteiger partial charge in [0.2, 0.25) is 0 Å². The molecule has 0 fully saturated rings. The molecule has 0 atom stereocenters. The van der Waals surface area contributed by atoms with Crippen molar-refractivity contribution in [1.82, 2.24) is 0 Å². The molecular formula is C20H24O8. The van der Waals surface area contributed by atoms with Crippen molar-refractivity contribution in [1.29, 1.82) is 0 Å². The Labute approximate surface area is 163 Å². The van der Waals surface area contributed by atoms with Crippen molar-refractivity contribution < 1.29 is 38.1 Å². The normalized spacial score (nSPS) is 9.75. The van der Waals surface area contributed by atoms with Crippen LogP contribution in [0.2, 0.25) is 0 Å². The first-order valence-electron chi connectivity index (χ1n) is 8.65. The number of carbonyl (C=O) groups is 3. The van der Waals surface area contributed by atoms with E-state index in [4.69, 9.17) is 23.7 Å². The third-order valence-corrected chi connectivity index (χ3v) is 3.18. The number of ether oxygens (including phenoxy) is 5. The third-order valence-electron chi connectivity index (χ3n) is 3.18. The SMILES string of the molecule is C=COCCOC(=O)c1cc(C(=O)OCCC)cc(C(=O)OCCOC=C)c1. The molecule has 0 aliphatic rings. The van der Waals surface area contributed by atoms with Gasteiger partial charge in [-0.1, -0.05) is 20.1 Å². The Bertz CT molecular complexity index is 649. The van der Waals surface area contributed by atoms with Gasteiger partial charge in [0, 0.05) is 0 Å². The second-order valence-electron chi connectivity index (χ2n) is 5.28. The minimum absolute atomic E-state index is 0.0128. The molecule has 0 unspecified atom stereocenters. The summed E-state index contributed by atoms with van der Waals surface area (Å²) in [5, 5.41) is 0. The van der Waals surface area contributed by atoms with Gasteiger partial charge in [-0.05, 0) is 24.6 Å². The molecule has 1 aromatic rings. The van der Waals surface area contributed by atoms with Crippen LogP contribution in [-0.2, 0) is 23.7 Å². The Hall–Kier alpha value is -3.29. The quantitative estimate of drug-likeness (QED) is 0.219. The summed E-state index contributed by atoms with van der Waals surface area (Å²) in [7, 11) is 0. The molecule has 152 valence electrons. The molecule has 0 bridgehead atoms. The van der Waals surface area contributed by atoms with E-state index in [0.717, 1.165) is 0 Å². The average molecular weight is 392 g/mol. The number of hydrogen-bond acceptors (Lipinski definition) is 8. The van der Waals surface area contributed by atoms with E-state index in [0.29, 0.717) is 6.42 Å². The highest BCUT2D eigenvalue weighted by molar-refractivity contribution is 6.00. The summed E-state index contributed by atoms with van der Waals surface area (Å²) >= 11 is 0. The molecule has 8 heteroatoms. The fourth-order valence-corrected chi connectivity index (χ4v) is 1.96. The lowest BCUT2D eigenvalue weighted by Gasteiger charge is -2.10. The van der Waals surface area contributed by atoms with Crippen LogP contribution in [0.1, 0.15) is 44.4 Å². The first-order chi connectivity index (χ1) is 13.5. The van der Waals surface area contributed by atoms with Gasteiger partial charge >= 0.3 is 17.9 Å². The van der Waals surface area contributed by atoms with Crippen LogP contribution < -0.4 is 0 Å². The smallest absolute Gasteiger partial charge is 0.338 e. The van der Waals surface area contributed by atoms with Crippen molar-refractivity contribution >= 4 is 17.9 Å². The van der Waals surface area contributed by atoms with Crippen LogP contribution in [-0.4, -0.2) is 50.9 Å². The first kappa shape index (κ1) is 22.8. The Morgan fingerprint density at radius 3 is 1.39 bits per heavy atom. The van der Waals surface area contributed by atoms with Crippen molar-refractivity contribution in [3.63, 3.8) is 0 Å². The summed E-state index contributed by atoms with van der Waals surface area (Å²) < 4.78 is 24.9. The summed E-state index contributed by atoms with van der Waals surface area (Å²) in [6.07, 6.45) is 3.08. The van der Waals surface area contributed by atoms with E-state index in [1.807, 2.05) is 6.92 Å². The zero-order valence-electron chi connectivity index (χ0n) is 15.8. The minimum atomic E-state index is -0.721. The van der Waals surface area contributed by atoms with Gasteiger partial charge in [0.1, 0.15) is 26.4 Å². The van der Waals surface area contributed by atoms with Crippen molar-refractivity contribution in [3.8, 4) is 0 Å². The summed E-state index contributed by atoms with van der Waals surface area (Å²) in [6, 6.07) is 3.88. The molecule has 0 saturated carbocycles. The zero-order valence-corrected chi connectivity index (χ0v) is 15.8. The van der Waals surface area contributed by atoms with Gasteiger partial charge in [-0.15, -0.1) is 0 Å². The van der Waals surface area contributed by atoms with Crippen LogP contribution in [0.25, 0.3) is 0 Å². The predicted octanol–water partition coefficient (Wildman–Crippen LogP) is 2.89. The van der Waals surface area contributed by atoms with Crippen LogP contribution in [0.5, 0.6) is 0 Å². The maximum absolute atomic E-state index is 12.2. The maximum atomic E-state index is 12.2. The molecule has 0 saturated heterocycles. The first-order valence-corrected chi connectivity index (χ1v) is 8.65. The Kier molecular flexibility index (Phi) is 10.5. The Morgan fingerprint density at radius 1 is 0.714 bits per heavy atom. The second kappa shape index (κ2) is 13.0. The lowest BCUT2D eigenvalue weighted by atomic mass is 10.1. The molecule has 0 heterocycles. The molecule has 0 aromatic heterocycles. The van der Waals surface area contributed by atoms with Gasteiger partial charge in [0.25, 0.3) is 0 Å². The molecule has 1 aromatic carbocycles. The third kappa shape index (κ3) is 7.94. The highest BCUT2D eigenvalue weighted by Gasteiger charge is 2.19. The Balaban J connectivity index is 2.97. The molecule has 0 radical (unpaired) electrons. The summed E-state index contributed by atoms with van der Waals surface area (Å²) in [5.41, 5.74) is 0.0669. The van der Waals surface area contributed by atoms with E-state index in [1.165, 1.54) is 30.7 Å². The number of esters is 3. The van der Waals surface area contributed by atoms with E-state index >= 15 is 0 Å². The second-order valence-corrected chi connectivity index (χ2v) is 5.28. The molecule has 0 aliphatic carbocycles. The van der Waals surface area contributed by atoms with Crippen molar-refractivity contribution in [3.05, 3.63) is 60.6 Å². The molecule has 1 rings (SSSR count). The maximum Gasteiger partial charge on any atom is 0.338 e. The highest BCUT2D eigenvalue weighted by atomic mass is 16.6. The van der Waals surface area contributed by atoms with Crippen LogP contribution >= 0.6 is 0 Å². The van der Waals surface area contributed by atoms with Gasteiger partial charge in [0.15, 0.2) is 0 Å². The molecule has 0 N–H and O–H groups in total. The number of rotatable bonds is 13.